The van der Waals surface area contributed by atoms with Gasteiger partial charge in [0.25, 0.3) is 0 Å². The molecule has 5 aliphatic carbocycles. The number of aliphatic hydroxyl groups excluding tert-OH is 17. The van der Waals surface area contributed by atoms with Gasteiger partial charge >= 0.3 is 11.9 Å². The number of ether oxygens (including phenoxy) is 12. The minimum Gasteiger partial charge on any atom is -0.481 e. The number of carbonyl (C=O) groups is 2. The Morgan fingerprint density at radius 1 is 0.546 bits per heavy atom. The van der Waals surface area contributed by atoms with Crippen molar-refractivity contribution in [3.8, 4) is 0 Å². The summed E-state index contributed by atoms with van der Waals surface area (Å²) in [7, 11) is 0. The lowest BCUT2D eigenvalue weighted by Gasteiger charge is -2.71. The van der Waals surface area contributed by atoms with Gasteiger partial charge in [0.1, 0.15) is 115 Å². The van der Waals surface area contributed by atoms with Gasteiger partial charge in [0.2, 0.25) is 6.29 Å². The minimum atomic E-state index is -2.15. The van der Waals surface area contributed by atoms with Gasteiger partial charge in [-0.15, -0.1) is 0 Å². The van der Waals surface area contributed by atoms with Crippen LogP contribution in [0.3, 0.4) is 0 Å². The van der Waals surface area contributed by atoms with E-state index >= 15 is 4.79 Å². The summed E-state index contributed by atoms with van der Waals surface area (Å²) in [4.78, 5) is 29.5. The topological polar surface area (TPSA) is 529 Å². The molecule has 0 unspecified atom stereocenters. The fourth-order valence-corrected chi connectivity index (χ4v) is 19.0. The Bertz CT molecular complexity index is 2800. The van der Waals surface area contributed by atoms with Gasteiger partial charge in [0, 0.05) is 5.41 Å². The highest BCUT2D eigenvalue weighted by Crippen LogP contribution is 2.76. The second-order valence-electron chi connectivity index (χ2n) is 30.9. The van der Waals surface area contributed by atoms with Crippen LogP contribution in [0.4, 0.5) is 0 Å². The molecule has 6 saturated heterocycles. The minimum absolute atomic E-state index is 0.00992. The molecule has 19 N–H and O–H groups in total. The number of aliphatic carboxylic acids is 1. The summed E-state index contributed by atoms with van der Waals surface area (Å²) in [6.07, 6.45) is -43.9. The Morgan fingerprint density at radius 2 is 1.10 bits per heavy atom. The van der Waals surface area contributed by atoms with Gasteiger partial charge in [-0.25, -0.2) is 0 Å². The highest BCUT2D eigenvalue weighted by Gasteiger charge is 2.74. The van der Waals surface area contributed by atoms with E-state index in [9.17, 15) is 102 Å². The number of carboxylic acids is 1. The molecule has 33 heteroatoms. The van der Waals surface area contributed by atoms with Crippen molar-refractivity contribution in [3.05, 3.63) is 11.6 Å². The van der Waals surface area contributed by atoms with Crippen LogP contribution in [0.15, 0.2) is 11.6 Å². The number of aliphatic hydroxyl groups is 18. The summed E-state index contributed by atoms with van der Waals surface area (Å²) in [5, 5.41) is 209. The number of carboxylic acid groups (broad SMARTS) is 1. The predicted octanol–water partition coefficient (Wildman–Crippen LogP) is -6.04. The standard InChI is InChI=1S/C64H102O33/c1-24-34(70)40(76)47(95-50-44(80)41(77)45(25(2)89-50)93-53-46(94-51-42(78)38(74)35(71)29(18-65)90-51)37(73)31(20-86-53)92-55-48(81)64(85,22-68)23-87-55)54(88-24)97-57(84)62-13-12-58(3,4)16-27(62)26-8-9-32-59(5)17-28(69)49(96-52-43(79)39(75)36(72)30(19-66)91-52)61(7,56(82)83)33(59)10-11-60(32,6)63(26,21-67)15-14-62/h8,24-25,27-55,65-81,85H,9-23H2,1-7H3,(H,82,83)/t24-,25+,27+,28+,29-,30-,31-,32-,33-,34+,35+,36-,37+,38+,39+,40+,41+,42-,43-,44-,45+,46-,47-,48+,49+,50+,51+,52+,53+,54+,55+,59-,60-,61+,62+,63+,64-/m1/s1. The van der Waals surface area contributed by atoms with E-state index in [2.05, 4.69) is 26.8 Å². The van der Waals surface area contributed by atoms with Crippen LogP contribution in [0.25, 0.3) is 0 Å². The van der Waals surface area contributed by atoms with Crippen molar-refractivity contribution in [2.24, 2.45) is 50.2 Å². The molecule has 0 aromatic rings. The number of allylic oxidation sites excluding steroid dienone is 1. The van der Waals surface area contributed by atoms with Crippen LogP contribution in [0, 0.1) is 50.2 Å². The zero-order valence-corrected chi connectivity index (χ0v) is 55.3. The van der Waals surface area contributed by atoms with Crippen LogP contribution < -0.4 is 0 Å². The first-order valence-electron chi connectivity index (χ1n) is 33.8. The maximum Gasteiger partial charge on any atom is 0.315 e. The fraction of sp³-hybridized carbons (Fsp3) is 0.938. The van der Waals surface area contributed by atoms with Crippen molar-refractivity contribution in [3.63, 3.8) is 0 Å². The first-order chi connectivity index (χ1) is 45.5. The second-order valence-corrected chi connectivity index (χ2v) is 30.9. The van der Waals surface area contributed by atoms with Crippen LogP contribution in [-0.2, 0) is 66.4 Å². The van der Waals surface area contributed by atoms with Gasteiger partial charge in [0.05, 0.1) is 68.8 Å². The third-order valence-electron chi connectivity index (χ3n) is 25.0. The molecule has 4 saturated carbocycles. The number of hydrogen-bond donors (Lipinski definition) is 19. The van der Waals surface area contributed by atoms with Crippen LogP contribution >= 0.6 is 0 Å². The molecule has 556 valence electrons. The third-order valence-corrected chi connectivity index (χ3v) is 25.0. The smallest absolute Gasteiger partial charge is 0.315 e. The fourth-order valence-electron chi connectivity index (χ4n) is 19.0. The van der Waals surface area contributed by atoms with Crippen molar-refractivity contribution in [1.82, 2.24) is 0 Å². The second kappa shape index (κ2) is 27.9. The van der Waals surface area contributed by atoms with E-state index in [-0.39, 0.29) is 43.6 Å². The average Bonchev–Trinajstić information content (AvgIpc) is 0.938. The third kappa shape index (κ3) is 12.5. The molecular weight excluding hydrogens is 1300 g/mol. The highest BCUT2D eigenvalue weighted by molar-refractivity contribution is 5.79. The number of rotatable bonds is 17. The van der Waals surface area contributed by atoms with Crippen molar-refractivity contribution in [2.45, 2.75) is 284 Å². The van der Waals surface area contributed by atoms with Gasteiger partial charge in [-0.2, -0.15) is 0 Å². The molecule has 0 amide bonds. The number of esters is 1. The highest BCUT2D eigenvalue weighted by atomic mass is 16.8. The normalized spacial score (nSPS) is 54.5. The molecule has 6 aliphatic heterocycles. The quantitative estimate of drug-likeness (QED) is 0.0366. The Morgan fingerprint density at radius 3 is 1.69 bits per heavy atom. The van der Waals surface area contributed by atoms with E-state index in [1.165, 1.54) is 20.8 Å². The molecule has 0 aromatic heterocycles. The van der Waals surface area contributed by atoms with Crippen molar-refractivity contribution >= 4 is 11.9 Å². The van der Waals surface area contributed by atoms with E-state index < -0.39 is 262 Å². The molecule has 97 heavy (non-hydrogen) atoms. The summed E-state index contributed by atoms with van der Waals surface area (Å²) in [6.45, 7) is 8.39. The van der Waals surface area contributed by atoms with Gasteiger partial charge in [-0.3, -0.25) is 9.59 Å². The average molecular weight is 1400 g/mol. The lowest BCUT2D eigenvalue weighted by atomic mass is 9.33. The van der Waals surface area contributed by atoms with E-state index in [4.69, 9.17) is 56.8 Å². The molecule has 11 aliphatic rings. The Hall–Kier alpha value is -2.48. The number of hydrogen-bond acceptors (Lipinski definition) is 32. The molecule has 33 nitrogen and oxygen atoms in total. The summed E-state index contributed by atoms with van der Waals surface area (Å²) >= 11 is 0. The molecule has 0 spiro atoms. The van der Waals surface area contributed by atoms with E-state index in [0.717, 1.165) is 5.57 Å². The van der Waals surface area contributed by atoms with Crippen LogP contribution in [0.2, 0.25) is 0 Å². The largest absolute Gasteiger partial charge is 0.481 e. The van der Waals surface area contributed by atoms with E-state index in [0.29, 0.717) is 32.1 Å². The van der Waals surface area contributed by atoms with Crippen molar-refractivity contribution < 1.29 is 163 Å². The summed E-state index contributed by atoms with van der Waals surface area (Å²) < 4.78 is 71.5. The summed E-state index contributed by atoms with van der Waals surface area (Å²) in [5.41, 5.74) is -7.55. The molecule has 10 fully saturated rings. The zero-order chi connectivity index (χ0) is 70.9. The Balaban J connectivity index is 0.818. The molecule has 6 heterocycles. The van der Waals surface area contributed by atoms with E-state index in [1.54, 1.807) is 0 Å². The molecule has 0 bridgehead atoms. The summed E-state index contributed by atoms with van der Waals surface area (Å²) in [5.74, 6) is -3.68. The SMILES string of the molecule is C[C@@H]1O[C@@H](O[C@H]2[C@H](OC(=O)[C@]34CCC(C)(C)C[C@H]3C3=CC[C@@H]5[C@@]6(C)C[C@H](O)[C@H](O[C@@H]7O[C@H](CO)[C@@H](O)[C@H](O)[C@H]7O)[C@@](C)(C(=O)O)[C@@H]6CC[C@@]5(C)[C@]3(CO)CC4)O[C@H](C)[C@H](O)[C@@H]2O)[C@H](O)[C@H](O)[C@H]1O[C@@H]1OC[C@@H](O[C@@H]2OC[C@](O)(CO)[C@H]2O)[C@H](O)[C@H]1O[C@@H]1O[C@H](CO)[C@H](O)[C@H](O)[C@H]1O. The summed E-state index contributed by atoms with van der Waals surface area (Å²) in [6, 6.07) is 0. The maximum absolute atomic E-state index is 15.7. The molecule has 11 rings (SSSR count). The Labute approximate surface area is 559 Å². The maximum atomic E-state index is 15.7. The van der Waals surface area contributed by atoms with Gasteiger partial charge in [0.15, 0.2) is 37.6 Å². The van der Waals surface area contributed by atoms with Crippen LogP contribution in [-0.4, -0.2) is 326 Å². The molecule has 0 aromatic carbocycles. The molecule has 37 atom stereocenters. The van der Waals surface area contributed by atoms with Crippen LogP contribution in [0.5, 0.6) is 0 Å². The first kappa shape index (κ1) is 75.7. The molecule has 0 radical (unpaired) electrons. The van der Waals surface area contributed by atoms with E-state index in [1.807, 2.05) is 6.92 Å². The van der Waals surface area contributed by atoms with Crippen molar-refractivity contribution in [1.29, 1.82) is 0 Å². The first-order valence-corrected chi connectivity index (χ1v) is 33.8. The van der Waals surface area contributed by atoms with Crippen LogP contribution in [0.1, 0.15) is 106 Å². The van der Waals surface area contributed by atoms with Gasteiger partial charge in [-0.1, -0.05) is 39.3 Å². The van der Waals surface area contributed by atoms with Gasteiger partial charge < -0.3 is 154 Å². The zero-order valence-electron chi connectivity index (χ0n) is 55.3. The lowest BCUT2D eigenvalue weighted by molar-refractivity contribution is -0.390. The number of carbonyl (C=O) groups excluding carboxylic acids is 1. The van der Waals surface area contributed by atoms with Crippen molar-refractivity contribution in [2.75, 3.05) is 39.6 Å². The predicted molar refractivity (Wildman–Crippen MR) is 318 cm³/mol. The lowest BCUT2D eigenvalue weighted by Crippen LogP contribution is -2.71. The number of fused-ring (bicyclic) bond motifs is 7. The van der Waals surface area contributed by atoms with Gasteiger partial charge in [-0.05, 0) is 113 Å². The molecular formula is C64H102O33. The monoisotopic (exact) mass is 1400 g/mol. The Kier molecular flexibility index (Phi) is 21.7.